The highest BCUT2D eigenvalue weighted by atomic mass is 16.5. The number of piperidine rings is 1. The lowest BCUT2D eigenvalue weighted by Crippen LogP contribution is -2.42. The third kappa shape index (κ3) is 3.67. The number of benzene rings is 2. The number of amides is 1. The lowest BCUT2D eigenvalue weighted by molar-refractivity contribution is -0.151. The Bertz CT molecular complexity index is 1000. The van der Waals surface area contributed by atoms with Gasteiger partial charge in [0.1, 0.15) is 16.9 Å². The third-order valence-electron chi connectivity index (χ3n) is 5.18. The van der Waals surface area contributed by atoms with Crippen molar-refractivity contribution in [2.24, 2.45) is 5.92 Å². The fourth-order valence-electron chi connectivity index (χ4n) is 3.66. The molecule has 1 aliphatic heterocycles. The molecule has 3 aromatic rings. The summed E-state index contributed by atoms with van der Waals surface area (Å²) in [6.45, 7) is 3.28. The lowest BCUT2D eigenvalue weighted by atomic mass is 9.97. The first-order valence-corrected chi connectivity index (χ1v) is 9.64. The number of likely N-dealkylation sites (tertiary alicyclic amines) is 1. The van der Waals surface area contributed by atoms with Gasteiger partial charge in [-0.1, -0.05) is 18.2 Å². The zero-order chi connectivity index (χ0) is 19.5. The predicted molar refractivity (Wildman–Crippen MR) is 105 cm³/mol. The summed E-state index contributed by atoms with van der Waals surface area (Å²) in [5.74, 6) is 0.293. The lowest BCUT2D eigenvalue weighted by Gasteiger charge is -2.30. The topological polar surface area (TPSA) is 69.0 Å². The van der Waals surface area contributed by atoms with E-state index in [1.807, 2.05) is 42.5 Å². The summed E-state index contributed by atoms with van der Waals surface area (Å²) >= 11 is 0. The molecule has 146 valence electrons. The number of fused-ring (bicyclic) bond motifs is 3. The minimum atomic E-state index is -0.161. The van der Waals surface area contributed by atoms with E-state index in [9.17, 15) is 9.59 Å². The Morgan fingerprint density at radius 2 is 1.82 bits per heavy atom. The second kappa shape index (κ2) is 7.92. The van der Waals surface area contributed by atoms with Gasteiger partial charge in [0.2, 0.25) is 0 Å². The summed E-state index contributed by atoms with van der Waals surface area (Å²) in [5, 5.41) is 1.99. The average Bonchev–Trinajstić information content (AvgIpc) is 3.10. The Hall–Kier alpha value is -3.02. The van der Waals surface area contributed by atoms with Crippen LogP contribution in [-0.2, 0) is 14.3 Å². The van der Waals surface area contributed by atoms with Crippen molar-refractivity contribution in [2.45, 2.75) is 19.8 Å². The molecular weight excluding hydrogens is 358 g/mol. The SMILES string of the molecule is CCOC(=O)C1CCN(C(=O)COc2ccc3oc4ccccc4c3c2)CC1. The number of para-hydroxylation sites is 1. The molecule has 2 heterocycles. The number of carbonyl (C=O) groups is 2. The van der Waals surface area contributed by atoms with Crippen LogP contribution in [0.2, 0.25) is 0 Å². The Labute approximate surface area is 163 Å². The first kappa shape index (κ1) is 18.3. The Kier molecular flexibility index (Phi) is 5.19. The molecule has 0 aliphatic carbocycles. The van der Waals surface area contributed by atoms with Crippen molar-refractivity contribution in [3.8, 4) is 5.75 Å². The van der Waals surface area contributed by atoms with Gasteiger partial charge < -0.3 is 18.8 Å². The van der Waals surface area contributed by atoms with Gasteiger partial charge in [-0.05, 0) is 44.0 Å². The van der Waals surface area contributed by atoms with Crippen molar-refractivity contribution >= 4 is 33.8 Å². The zero-order valence-electron chi connectivity index (χ0n) is 15.8. The quantitative estimate of drug-likeness (QED) is 0.630. The number of esters is 1. The van der Waals surface area contributed by atoms with Crippen molar-refractivity contribution in [1.29, 1.82) is 0 Å². The monoisotopic (exact) mass is 381 g/mol. The molecule has 0 unspecified atom stereocenters. The molecule has 0 atom stereocenters. The van der Waals surface area contributed by atoms with Gasteiger partial charge in [-0.3, -0.25) is 9.59 Å². The number of carbonyl (C=O) groups excluding carboxylic acids is 2. The molecule has 4 rings (SSSR count). The van der Waals surface area contributed by atoms with Crippen molar-refractivity contribution in [1.82, 2.24) is 4.90 Å². The van der Waals surface area contributed by atoms with E-state index >= 15 is 0 Å². The summed E-state index contributed by atoms with van der Waals surface area (Å²) in [6, 6.07) is 13.4. The van der Waals surface area contributed by atoms with Crippen LogP contribution < -0.4 is 4.74 Å². The molecule has 0 bridgehead atoms. The molecule has 1 fully saturated rings. The van der Waals surface area contributed by atoms with E-state index in [1.165, 1.54) is 0 Å². The molecule has 2 aromatic carbocycles. The van der Waals surface area contributed by atoms with Gasteiger partial charge in [0, 0.05) is 23.9 Å². The van der Waals surface area contributed by atoms with E-state index in [-0.39, 0.29) is 24.4 Å². The number of nitrogens with zero attached hydrogens (tertiary/aromatic N) is 1. The van der Waals surface area contributed by atoms with Crippen molar-refractivity contribution in [3.63, 3.8) is 0 Å². The number of rotatable bonds is 5. The van der Waals surface area contributed by atoms with Crippen LogP contribution in [0, 0.1) is 5.92 Å². The summed E-state index contributed by atoms with van der Waals surface area (Å²) < 4.78 is 16.6. The van der Waals surface area contributed by atoms with E-state index in [4.69, 9.17) is 13.9 Å². The third-order valence-corrected chi connectivity index (χ3v) is 5.18. The van der Waals surface area contributed by atoms with Gasteiger partial charge in [-0.25, -0.2) is 0 Å². The van der Waals surface area contributed by atoms with Crippen LogP contribution >= 0.6 is 0 Å². The van der Waals surface area contributed by atoms with Crippen LogP contribution in [0.1, 0.15) is 19.8 Å². The van der Waals surface area contributed by atoms with E-state index < -0.39 is 0 Å². The fraction of sp³-hybridized carbons (Fsp3) is 0.364. The van der Waals surface area contributed by atoms with Gasteiger partial charge in [0.15, 0.2) is 6.61 Å². The maximum Gasteiger partial charge on any atom is 0.309 e. The molecule has 1 saturated heterocycles. The van der Waals surface area contributed by atoms with Gasteiger partial charge in [-0.15, -0.1) is 0 Å². The first-order chi connectivity index (χ1) is 13.7. The first-order valence-electron chi connectivity index (χ1n) is 9.64. The largest absolute Gasteiger partial charge is 0.484 e. The highest BCUT2D eigenvalue weighted by Gasteiger charge is 2.28. The standard InChI is InChI=1S/C22H23NO5/c1-2-26-22(25)15-9-11-23(12-10-15)21(24)14-27-16-7-8-20-18(13-16)17-5-3-4-6-19(17)28-20/h3-8,13,15H,2,9-12,14H2,1H3. The molecule has 1 aliphatic rings. The smallest absolute Gasteiger partial charge is 0.309 e. The van der Waals surface area contributed by atoms with Crippen molar-refractivity contribution in [3.05, 3.63) is 42.5 Å². The molecule has 6 heteroatoms. The van der Waals surface area contributed by atoms with Crippen LogP contribution in [0.4, 0.5) is 0 Å². The van der Waals surface area contributed by atoms with Crippen LogP contribution in [0.5, 0.6) is 5.75 Å². The average molecular weight is 381 g/mol. The van der Waals surface area contributed by atoms with Crippen LogP contribution in [0.3, 0.4) is 0 Å². The maximum absolute atomic E-state index is 12.5. The number of ether oxygens (including phenoxy) is 2. The summed E-state index contributed by atoms with van der Waals surface area (Å²) in [5.41, 5.74) is 1.62. The molecule has 0 saturated carbocycles. The second-order valence-corrected chi connectivity index (χ2v) is 6.95. The normalized spacial score (nSPS) is 15.1. The molecule has 28 heavy (non-hydrogen) atoms. The van der Waals surface area contributed by atoms with E-state index in [2.05, 4.69) is 0 Å². The summed E-state index contributed by atoms with van der Waals surface area (Å²) in [4.78, 5) is 26.0. The Morgan fingerprint density at radius 3 is 2.61 bits per heavy atom. The molecule has 1 aromatic heterocycles. The highest BCUT2D eigenvalue weighted by molar-refractivity contribution is 6.05. The van der Waals surface area contributed by atoms with Gasteiger partial charge in [-0.2, -0.15) is 0 Å². The zero-order valence-corrected chi connectivity index (χ0v) is 15.8. The van der Waals surface area contributed by atoms with Crippen LogP contribution in [0.25, 0.3) is 21.9 Å². The molecule has 1 amide bonds. The van der Waals surface area contributed by atoms with E-state index in [0.29, 0.717) is 38.3 Å². The Balaban J connectivity index is 1.36. The predicted octanol–water partition coefficient (Wildman–Crippen LogP) is 3.77. The molecule has 6 nitrogen and oxygen atoms in total. The van der Waals surface area contributed by atoms with Crippen LogP contribution in [0.15, 0.2) is 46.9 Å². The molecule has 0 spiro atoms. The van der Waals surface area contributed by atoms with Gasteiger partial charge in [0.05, 0.1) is 12.5 Å². The van der Waals surface area contributed by atoms with Crippen molar-refractivity contribution < 1.29 is 23.5 Å². The summed E-state index contributed by atoms with van der Waals surface area (Å²) in [7, 11) is 0. The highest BCUT2D eigenvalue weighted by Crippen LogP contribution is 2.31. The maximum atomic E-state index is 12.5. The minimum Gasteiger partial charge on any atom is -0.484 e. The molecule has 0 radical (unpaired) electrons. The van der Waals surface area contributed by atoms with Gasteiger partial charge in [0.25, 0.3) is 5.91 Å². The van der Waals surface area contributed by atoms with Gasteiger partial charge >= 0.3 is 5.97 Å². The fourth-order valence-corrected chi connectivity index (χ4v) is 3.66. The summed E-state index contributed by atoms with van der Waals surface area (Å²) in [6.07, 6.45) is 1.27. The van der Waals surface area contributed by atoms with Crippen LogP contribution in [-0.4, -0.2) is 43.1 Å². The molecular formula is C22H23NO5. The number of hydrogen-bond acceptors (Lipinski definition) is 5. The van der Waals surface area contributed by atoms with E-state index in [0.717, 1.165) is 21.9 Å². The second-order valence-electron chi connectivity index (χ2n) is 6.95. The molecule has 0 N–H and O–H groups in total. The van der Waals surface area contributed by atoms with E-state index in [1.54, 1.807) is 11.8 Å². The minimum absolute atomic E-state index is 0.0225. The Morgan fingerprint density at radius 1 is 1.07 bits per heavy atom. The number of hydrogen-bond donors (Lipinski definition) is 0. The van der Waals surface area contributed by atoms with Crippen molar-refractivity contribution in [2.75, 3.05) is 26.3 Å². The number of furan rings is 1.